The van der Waals surface area contributed by atoms with Gasteiger partial charge in [0.1, 0.15) is 5.82 Å². The fourth-order valence-corrected chi connectivity index (χ4v) is 1.59. The second-order valence-corrected chi connectivity index (χ2v) is 4.17. The van der Waals surface area contributed by atoms with E-state index in [0.29, 0.717) is 19.5 Å². The number of carboxylic acids is 1. The Morgan fingerprint density at radius 3 is 2.89 bits per heavy atom. The van der Waals surface area contributed by atoms with Gasteiger partial charge in [-0.1, -0.05) is 12.1 Å². The van der Waals surface area contributed by atoms with Crippen molar-refractivity contribution >= 4 is 5.97 Å². The zero-order chi connectivity index (χ0) is 13.4. The molecule has 1 rings (SSSR count). The summed E-state index contributed by atoms with van der Waals surface area (Å²) in [4.78, 5) is 10.3. The number of benzene rings is 1. The molecule has 0 aliphatic carbocycles. The maximum atomic E-state index is 12.9. The van der Waals surface area contributed by atoms with Crippen LogP contribution in [0.1, 0.15) is 18.4 Å². The van der Waals surface area contributed by atoms with Crippen LogP contribution in [0.15, 0.2) is 24.3 Å². The highest BCUT2D eigenvalue weighted by Crippen LogP contribution is 2.03. The third-order valence-corrected chi connectivity index (χ3v) is 2.55. The van der Waals surface area contributed by atoms with Gasteiger partial charge in [-0.2, -0.15) is 0 Å². The van der Waals surface area contributed by atoms with Crippen LogP contribution in [0.2, 0.25) is 0 Å². The molecular formula is C13H18FNO3. The Labute approximate surface area is 105 Å². The standard InChI is InChI=1S/C13H18FNO3/c14-11-3-1-2-10(8-11)6-7-15-9-12(16)4-5-13(17)18/h1-3,8,12,15-16H,4-7,9H2,(H,17,18). The Balaban J connectivity index is 2.13. The molecule has 0 saturated heterocycles. The van der Waals surface area contributed by atoms with Crippen molar-refractivity contribution in [2.24, 2.45) is 0 Å². The zero-order valence-corrected chi connectivity index (χ0v) is 10.1. The predicted molar refractivity (Wildman–Crippen MR) is 65.9 cm³/mol. The molecule has 1 unspecified atom stereocenters. The van der Waals surface area contributed by atoms with Crippen molar-refractivity contribution in [1.29, 1.82) is 0 Å². The molecule has 5 heteroatoms. The molecule has 0 radical (unpaired) electrons. The first-order valence-electron chi connectivity index (χ1n) is 5.93. The summed E-state index contributed by atoms with van der Waals surface area (Å²) in [7, 11) is 0. The Kier molecular flexibility index (Phi) is 6.32. The third kappa shape index (κ3) is 6.32. The minimum absolute atomic E-state index is 0.0350. The lowest BCUT2D eigenvalue weighted by Crippen LogP contribution is -2.28. The summed E-state index contributed by atoms with van der Waals surface area (Å²) < 4.78 is 12.9. The predicted octanol–water partition coefficient (Wildman–Crippen LogP) is 1.18. The van der Waals surface area contributed by atoms with Crippen LogP contribution in [0.5, 0.6) is 0 Å². The molecule has 0 bridgehead atoms. The number of hydrogen-bond donors (Lipinski definition) is 3. The Bertz CT molecular complexity index is 384. The molecule has 100 valence electrons. The fourth-order valence-electron chi connectivity index (χ4n) is 1.59. The quantitative estimate of drug-likeness (QED) is 0.610. The van der Waals surface area contributed by atoms with Gasteiger partial charge >= 0.3 is 5.97 Å². The highest BCUT2D eigenvalue weighted by atomic mass is 19.1. The zero-order valence-electron chi connectivity index (χ0n) is 10.1. The van der Waals surface area contributed by atoms with E-state index < -0.39 is 12.1 Å². The highest BCUT2D eigenvalue weighted by molar-refractivity contribution is 5.66. The van der Waals surface area contributed by atoms with E-state index >= 15 is 0 Å². The van der Waals surface area contributed by atoms with Crippen LogP contribution in [-0.2, 0) is 11.2 Å². The Morgan fingerprint density at radius 1 is 1.44 bits per heavy atom. The van der Waals surface area contributed by atoms with Crippen LogP contribution in [-0.4, -0.2) is 35.4 Å². The molecule has 0 aliphatic heterocycles. The van der Waals surface area contributed by atoms with E-state index in [1.807, 2.05) is 6.07 Å². The van der Waals surface area contributed by atoms with Crippen molar-refractivity contribution in [3.05, 3.63) is 35.6 Å². The molecule has 3 N–H and O–H groups in total. The fraction of sp³-hybridized carbons (Fsp3) is 0.462. The highest BCUT2D eigenvalue weighted by Gasteiger charge is 2.06. The normalized spacial score (nSPS) is 12.3. The number of halogens is 1. The van der Waals surface area contributed by atoms with Crippen LogP contribution in [0.3, 0.4) is 0 Å². The maximum absolute atomic E-state index is 12.9. The van der Waals surface area contributed by atoms with Crippen LogP contribution < -0.4 is 5.32 Å². The van der Waals surface area contributed by atoms with Crippen LogP contribution in [0, 0.1) is 5.82 Å². The van der Waals surface area contributed by atoms with Crippen LogP contribution in [0.4, 0.5) is 4.39 Å². The summed E-state index contributed by atoms with van der Waals surface area (Å²) in [6.45, 7) is 0.968. The minimum atomic E-state index is -0.909. The second-order valence-electron chi connectivity index (χ2n) is 4.17. The van der Waals surface area contributed by atoms with Crippen molar-refractivity contribution in [3.63, 3.8) is 0 Å². The van der Waals surface area contributed by atoms with Crippen molar-refractivity contribution in [3.8, 4) is 0 Å². The average molecular weight is 255 g/mol. The van der Waals surface area contributed by atoms with Gasteiger partial charge in [-0.15, -0.1) is 0 Å². The van der Waals surface area contributed by atoms with Crippen molar-refractivity contribution < 1.29 is 19.4 Å². The molecule has 0 saturated carbocycles. The van der Waals surface area contributed by atoms with Gasteiger partial charge in [0.25, 0.3) is 0 Å². The van der Waals surface area contributed by atoms with Gasteiger partial charge in [0.2, 0.25) is 0 Å². The lowest BCUT2D eigenvalue weighted by atomic mass is 10.1. The summed E-state index contributed by atoms with van der Waals surface area (Å²) in [5.41, 5.74) is 0.891. The first-order valence-corrected chi connectivity index (χ1v) is 5.93. The van der Waals surface area contributed by atoms with Crippen molar-refractivity contribution in [1.82, 2.24) is 5.32 Å². The number of aliphatic hydroxyl groups excluding tert-OH is 1. The van der Waals surface area contributed by atoms with E-state index in [0.717, 1.165) is 5.56 Å². The Hall–Kier alpha value is -1.46. The SMILES string of the molecule is O=C(O)CCC(O)CNCCc1cccc(F)c1. The summed E-state index contributed by atoms with van der Waals surface area (Å²) >= 11 is 0. The first kappa shape index (κ1) is 14.6. The number of nitrogens with one attached hydrogen (secondary N) is 1. The Morgan fingerprint density at radius 2 is 2.22 bits per heavy atom. The minimum Gasteiger partial charge on any atom is -0.481 e. The average Bonchev–Trinajstić information content (AvgIpc) is 2.32. The van der Waals surface area contributed by atoms with Gasteiger partial charge < -0.3 is 15.5 Å². The van der Waals surface area contributed by atoms with Gasteiger partial charge in [-0.05, 0) is 37.1 Å². The number of carbonyl (C=O) groups is 1. The maximum Gasteiger partial charge on any atom is 0.303 e. The first-order chi connectivity index (χ1) is 8.58. The molecule has 1 aromatic carbocycles. The molecule has 1 atom stereocenters. The van der Waals surface area contributed by atoms with Gasteiger partial charge in [-0.3, -0.25) is 4.79 Å². The number of hydrogen-bond acceptors (Lipinski definition) is 3. The summed E-state index contributed by atoms with van der Waals surface area (Å²) in [5, 5.41) is 20.9. The molecule has 18 heavy (non-hydrogen) atoms. The van der Waals surface area contributed by atoms with Crippen molar-refractivity contribution in [2.45, 2.75) is 25.4 Å². The van der Waals surface area contributed by atoms with E-state index in [4.69, 9.17) is 5.11 Å². The molecule has 0 heterocycles. The monoisotopic (exact) mass is 255 g/mol. The topological polar surface area (TPSA) is 69.6 Å². The van der Waals surface area contributed by atoms with E-state index in [9.17, 15) is 14.3 Å². The number of carboxylic acid groups (broad SMARTS) is 1. The molecule has 4 nitrogen and oxygen atoms in total. The lowest BCUT2D eigenvalue weighted by Gasteiger charge is -2.10. The smallest absolute Gasteiger partial charge is 0.303 e. The molecule has 0 spiro atoms. The van der Waals surface area contributed by atoms with Gasteiger partial charge in [0.05, 0.1) is 6.10 Å². The van der Waals surface area contributed by atoms with E-state index in [-0.39, 0.29) is 18.7 Å². The van der Waals surface area contributed by atoms with Gasteiger partial charge in [0.15, 0.2) is 0 Å². The summed E-state index contributed by atoms with van der Waals surface area (Å²) in [5.74, 6) is -1.16. The summed E-state index contributed by atoms with van der Waals surface area (Å²) in [6, 6.07) is 6.37. The van der Waals surface area contributed by atoms with Crippen LogP contribution in [0.25, 0.3) is 0 Å². The molecule has 1 aromatic rings. The molecule has 0 aliphatic rings. The number of aliphatic hydroxyl groups is 1. The second kappa shape index (κ2) is 7.79. The summed E-state index contributed by atoms with van der Waals surface area (Å²) in [6.07, 6.45) is 0.215. The molecule has 0 aromatic heterocycles. The molecular weight excluding hydrogens is 237 g/mol. The molecule has 0 fully saturated rings. The van der Waals surface area contributed by atoms with Gasteiger partial charge in [0, 0.05) is 13.0 Å². The van der Waals surface area contributed by atoms with E-state index in [2.05, 4.69) is 5.32 Å². The molecule has 0 amide bonds. The van der Waals surface area contributed by atoms with Crippen LogP contribution >= 0.6 is 0 Å². The third-order valence-electron chi connectivity index (χ3n) is 2.55. The van der Waals surface area contributed by atoms with Crippen molar-refractivity contribution in [2.75, 3.05) is 13.1 Å². The number of aliphatic carboxylic acids is 1. The van der Waals surface area contributed by atoms with E-state index in [1.54, 1.807) is 6.07 Å². The largest absolute Gasteiger partial charge is 0.481 e. The van der Waals surface area contributed by atoms with E-state index in [1.165, 1.54) is 12.1 Å². The lowest BCUT2D eigenvalue weighted by molar-refractivity contribution is -0.137. The number of rotatable bonds is 8. The van der Waals surface area contributed by atoms with Gasteiger partial charge in [-0.25, -0.2) is 4.39 Å².